The summed E-state index contributed by atoms with van der Waals surface area (Å²) in [5.41, 5.74) is 1.04. The van der Waals surface area contributed by atoms with E-state index in [0.29, 0.717) is 5.92 Å². The summed E-state index contributed by atoms with van der Waals surface area (Å²) in [7, 11) is -3.61. The highest BCUT2D eigenvalue weighted by atomic mass is 32.2. The molecular weight excluding hydrogens is 308 g/mol. The largest absolute Gasteiger partial charge is 0.296 e. The molecule has 0 amide bonds. The minimum absolute atomic E-state index is 0.239. The summed E-state index contributed by atoms with van der Waals surface area (Å²) in [6.45, 7) is 14.4. The molecule has 1 aromatic rings. The van der Waals surface area contributed by atoms with Gasteiger partial charge in [-0.05, 0) is 31.4 Å². The molecule has 1 unspecified atom stereocenters. The molecule has 0 N–H and O–H groups in total. The van der Waals surface area contributed by atoms with Gasteiger partial charge >= 0.3 is 0 Å². The smallest absolute Gasteiger partial charge is 0.266 e. The third kappa shape index (κ3) is 10.5. The van der Waals surface area contributed by atoms with Crippen LogP contribution in [0.1, 0.15) is 72.8 Å². The molecule has 3 nitrogen and oxygen atoms in total. The third-order valence-electron chi connectivity index (χ3n) is 3.31. The minimum Gasteiger partial charge on any atom is -0.266 e. The van der Waals surface area contributed by atoms with E-state index in [4.69, 9.17) is 4.18 Å². The van der Waals surface area contributed by atoms with Crippen molar-refractivity contribution in [3.63, 3.8) is 0 Å². The average molecular weight is 345 g/mol. The van der Waals surface area contributed by atoms with Crippen LogP contribution in [0.4, 0.5) is 0 Å². The fourth-order valence-electron chi connectivity index (χ4n) is 1.86. The predicted molar refractivity (Wildman–Crippen MR) is 100 cm³/mol. The van der Waals surface area contributed by atoms with Gasteiger partial charge in [-0.25, -0.2) is 0 Å². The highest BCUT2D eigenvalue weighted by Crippen LogP contribution is 2.18. The molecule has 136 valence electrons. The van der Waals surface area contributed by atoms with Crippen molar-refractivity contribution in [2.45, 2.75) is 79.0 Å². The Labute approximate surface area is 144 Å². The molecule has 1 rings (SSSR count). The molecule has 0 heterocycles. The van der Waals surface area contributed by atoms with Crippen LogP contribution in [0, 0.1) is 12.8 Å². The molecule has 23 heavy (non-hydrogen) atoms. The maximum Gasteiger partial charge on any atom is 0.296 e. The Hall–Kier alpha value is -0.870. The summed E-state index contributed by atoms with van der Waals surface area (Å²) in [4.78, 5) is 0.239. The van der Waals surface area contributed by atoms with Gasteiger partial charge in [0.15, 0.2) is 0 Å². The van der Waals surface area contributed by atoms with Crippen LogP contribution in [0.5, 0.6) is 0 Å². The lowest BCUT2D eigenvalue weighted by molar-refractivity contribution is 0.238. The first kappa shape index (κ1) is 24.4. The molecule has 0 aliphatic heterocycles. The zero-order chi connectivity index (χ0) is 18.3. The van der Waals surface area contributed by atoms with Crippen molar-refractivity contribution >= 4 is 10.1 Å². The van der Waals surface area contributed by atoms with E-state index in [0.717, 1.165) is 31.2 Å². The first-order chi connectivity index (χ1) is 11.0. The van der Waals surface area contributed by atoms with Crippen LogP contribution in [-0.2, 0) is 14.3 Å². The number of hydrogen-bond donors (Lipinski definition) is 0. The van der Waals surface area contributed by atoms with Crippen molar-refractivity contribution in [3.8, 4) is 0 Å². The lowest BCUT2D eigenvalue weighted by atomic mass is 10.0. The van der Waals surface area contributed by atoms with E-state index in [1.165, 1.54) is 0 Å². The Morgan fingerprint density at radius 2 is 1.52 bits per heavy atom. The van der Waals surface area contributed by atoms with E-state index in [-0.39, 0.29) is 11.5 Å². The monoisotopic (exact) mass is 344 g/mol. The standard InChI is InChI=1S/C15H24O3S.2C2H6/c1-4-6-7-14(5-2)12-18-19(16,17)15-10-8-13(3)9-11-15;2*1-2/h8-11,14H,4-7,12H2,1-3H3;2*1-2H3. The number of hydrogen-bond acceptors (Lipinski definition) is 3. The SMILES string of the molecule is CC.CC.CCCCC(CC)COS(=O)(=O)c1ccc(C)cc1. The average Bonchev–Trinajstić information content (AvgIpc) is 2.59. The summed E-state index contributed by atoms with van der Waals surface area (Å²) < 4.78 is 29.2. The van der Waals surface area contributed by atoms with E-state index in [1.54, 1.807) is 24.3 Å². The first-order valence-corrected chi connectivity index (χ1v) is 10.4. The Kier molecular flexibility index (Phi) is 15.6. The summed E-state index contributed by atoms with van der Waals surface area (Å²) in [5, 5.41) is 0. The van der Waals surface area contributed by atoms with Gasteiger partial charge < -0.3 is 0 Å². The van der Waals surface area contributed by atoms with Crippen LogP contribution in [0.25, 0.3) is 0 Å². The third-order valence-corrected chi connectivity index (χ3v) is 4.61. The Balaban J connectivity index is 0. The number of rotatable bonds is 8. The molecule has 0 radical (unpaired) electrons. The molecule has 0 bridgehead atoms. The zero-order valence-electron chi connectivity index (χ0n) is 16.1. The Bertz CT molecular complexity index is 464. The topological polar surface area (TPSA) is 43.4 Å². The first-order valence-electron chi connectivity index (χ1n) is 8.95. The second-order valence-corrected chi connectivity index (χ2v) is 6.58. The number of benzene rings is 1. The van der Waals surface area contributed by atoms with E-state index in [9.17, 15) is 8.42 Å². The van der Waals surface area contributed by atoms with Crippen LogP contribution in [0.15, 0.2) is 29.2 Å². The Morgan fingerprint density at radius 3 is 1.96 bits per heavy atom. The maximum atomic E-state index is 12.0. The van der Waals surface area contributed by atoms with E-state index in [1.807, 2.05) is 34.6 Å². The molecule has 0 aromatic heterocycles. The van der Waals surface area contributed by atoms with Crippen LogP contribution < -0.4 is 0 Å². The summed E-state index contributed by atoms with van der Waals surface area (Å²) in [5.74, 6) is 0.320. The van der Waals surface area contributed by atoms with Gasteiger partial charge in [-0.1, -0.05) is 78.5 Å². The number of aryl methyl sites for hydroxylation is 1. The minimum atomic E-state index is -3.61. The van der Waals surface area contributed by atoms with E-state index in [2.05, 4.69) is 13.8 Å². The quantitative estimate of drug-likeness (QED) is 0.546. The van der Waals surface area contributed by atoms with Crippen molar-refractivity contribution in [2.24, 2.45) is 5.92 Å². The fraction of sp³-hybridized carbons (Fsp3) is 0.684. The second-order valence-electron chi connectivity index (χ2n) is 4.97. The second kappa shape index (κ2) is 14.7. The van der Waals surface area contributed by atoms with E-state index < -0.39 is 10.1 Å². The van der Waals surface area contributed by atoms with Crippen LogP contribution >= 0.6 is 0 Å². The van der Waals surface area contributed by atoms with Crippen molar-refractivity contribution in [1.29, 1.82) is 0 Å². The molecule has 0 saturated heterocycles. The predicted octanol–water partition coefficient (Wildman–Crippen LogP) is 5.97. The van der Waals surface area contributed by atoms with Crippen molar-refractivity contribution in [2.75, 3.05) is 6.61 Å². The normalized spacial score (nSPS) is 11.6. The maximum absolute atomic E-state index is 12.0. The fourth-order valence-corrected chi connectivity index (χ4v) is 2.83. The van der Waals surface area contributed by atoms with Crippen molar-refractivity contribution in [1.82, 2.24) is 0 Å². The van der Waals surface area contributed by atoms with Crippen LogP contribution in [0.3, 0.4) is 0 Å². The molecule has 0 aliphatic rings. The lowest BCUT2D eigenvalue weighted by Gasteiger charge is -2.14. The van der Waals surface area contributed by atoms with Gasteiger partial charge in [0.25, 0.3) is 10.1 Å². The van der Waals surface area contributed by atoms with Gasteiger partial charge in [0, 0.05) is 0 Å². The summed E-state index contributed by atoms with van der Waals surface area (Å²) in [6, 6.07) is 6.75. The van der Waals surface area contributed by atoms with Crippen LogP contribution in [0.2, 0.25) is 0 Å². The molecule has 0 aliphatic carbocycles. The Morgan fingerprint density at radius 1 is 1.00 bits per heavy atom. The molecule has 4 heteroatoms. The molecule has 1 aromatic carbocycles. The van der Waals surface area contributed by atoms with Gasteiger partial charge in [0.05, 0.1) is 11.5 Å². The lowest BCUT2D eigenvalue weighted by Crippen LogP contribution is -2.14. The van der Waals surface area contributed by atoms with E-state index >= 15 is 0 Å². The molecule has 0 fully saturated rings. The van der Waals surface area contributed by atoms with Crippen molar-refractivity contribution in [3.05, 3.63) is 29.8 Å². The zero-order valence-corrected chi connectivity index (χ0v) is 16.9. The highest BCUT2D eigenvalue weighted by Gasteiger charge is 2.17. The van der Waals surface area contributed by atoms with Crippen molar-refractivity contribution < 1.29 is 12.6 Å². The highest BCUT2D eigenvalue weighted by molar-refractivity contribution is 7.86. The summed E-state index contributed by atoms with van der Waals surface area (Å²) in [6.07, 6.45) is 4.22. The van der Waals surface area contributed by atoms with Crippen LogP contribution in [-0.4, -0.2) is 15.0 Å². The summed E-state index contributed by atoms with van der Waals surface area (Å²) >= 11 is 0. The molecular formula is C19H36O3S. The van der Waals surface area contributed by atoms with Gasteiger partial charge in [-0.15, -0.1) is 0 Å². The van der Waals surface area contributed by atoms with Gasteiger partial charge in [-0.3, -0.25) is 4.18 Å². The van der Waals surface area contributed by atoms with Gasteiger partial charge in [0.1, 0.15) is 0 Å². The molecule has 1 atom stereocenters. The molecule has 0 spiro atoms. The van der Waals surface area contributed by atoms with Gasteiger partial charge in [-0.2, -0.15) is 8.42 Å². The number of unbranched alkanes of at least 4 members (excludes halogenated alkanes) is 1. The molecule has 0 saturated carbocycles. The van der Waals surface area contributed by atoms with Gasteiger partial charge in [0.2, 0.25) is 0 Å².